The molecule has 0 fully saturated rings. The molecule has 3 aromatic rings. The Hall–Kier alpha value is -3.28. The molecule has 1 unspecified atom stereocenters. The number of hydrogen-bond donors (Lipinski definition) is 0. The summed E-state index contributed by atoms with van der Waals surface area (Å²) in [6, 6.07) is 13.0. The highest BCUT2D eigenvalue weighted by atomic mass is 16.2. The van der Waals surface area contributed by atoms with Gasteiger partial charge in [-0.25, -0.2) is 4.98 Å². The molecule has 2 aromatic carbocycles. The number of amides is 2. The number of fused-ring (bicyclic) bond motifs is 2. The van der Waals surface area contributed by atoms with E-state index in [2.05, 4.69) is 4.98 Å². The Morgan fingerprint density at radius 2 is 1.52 bits per heavy atom. The third kappa shape index (κ3) is 2.11. The molecule has 1 aliphatic rings. The molecule has 1 atom stereocenters. The van der Waals surface area contributed by atoms with Crippen molar-refractivity contribution >= 4 is 28.8 Å². The first kappa shape index (κ1) is 15.3. The minimum absolute atomic E-state index is 0.333. The lowest BCUT2D eigenvalue weighted by Gasteiger charge is -2.22. The van der Waals surface area contributed by atoms with Crippen molar-refractivity contribution in [2.75, 3.05) is 0 Å². The van der Waals surface area contributed by atoms with E-state index in [1.54, 1.807) is 44.2 Å². The van der Waals surface area contributed by atoms with E-state index in [0.717, 1.165) is 4.90 Å². The second-order valence-corrected chi connectivity index (χ2v) is 6.02. The molecule has 6 heteroatoms. The molecule has 0 spiro atoms. The molecule has 4 rings (SSSR count). The fraction of sp³-hybridized carbons (Fsp3) is 0.158. The summed E-state index contributed by atoms with van der Waals surface area (Å²) < 4.78 is 1.46. The van der Waals surface area contributed by atoms with E-state index in [1.807, 2.05) is 18.2 Å². The molecular weight excluding hydrogens is 318 g/mol. The van der Waals surface area contributed by atoms with Gasteiger partial charge in [-0.1, -0.05) is 24.3 Å². The Morgan fingerprint density at radius 1 is 0.960 bits per heavy atom. The van der Waals surface area contributed by atoms with Crippen LogP contribution in [0.3, 0.4) is 0 Å². The second-order valence-electron chi connectivity index (χ2n) is 6.02. The number of rotatable bonds is 2. The summed E-state index contributed by atoms with van der Waals surface area (Å²) in [6.45, 7) is 3.30. The monoisotopic (exact) mass is 333 g/mol. The van der Waals surface area contributed by atoms with Crippen LogP contribution in [0.25, 0.3) is 11.0 Å². The average molecular weight is 333 g/mol. The molecule has 6 nitrogen and oxygen atoms in total. The summed E-state index contributed by atoms with van der Waals surface area (Å²) in [5.41, 5.74) is 2.02. The first-order valence-electron chi connectivity index (χ1n) is 7.96. The van der Waals surface area contributed by atoms with Gasteiger partial charge in [-0.05, 0) is 38.1 Å². The number of hydrogen-bond acceptors (Lipinski definition) is 4. The SMILES string of the molecule is Cc1nc2ccccc2n1C(=O)C(C)N1C(=O)c2ccccc2C1=O. The molecule has 0 saturated heterocycles. The summed E-state index contributed by atoms with van der Waals surface area (Å²) >= 11 is 0. The van der Waals surface area contributed by atoms with Crippen LogP contribution in [0.15, 0.2) is 48.5 Å². The summed E-state index contributed by atoms with van der Waals surface area (Å²) in [4.78, 5) is 43.6. The van der Waals surface area contributed by atoms with Crippen molar-refractivity contribution in [3.05, 3.63) is 65.5 Å². The van der Waals surface area contributed by atoms with E-state index < -0.39 is 17.9 Å². The number of aryl methyl sites for hydroxylation is 1. The Balaban J connectivity index is 1.75. The molecule has 124 valence electrons. The number of aromatic nitrogens is 2. The Kier molecular flexibility index (Phi) is 3.28. The lowest BCUT2D eigenvalue weighted by molar-refractivity contribution is 0.0529. The molecule has 0 saturated carbocycles. The highest BCUT2D eigenvalue weighted by molar-refractivity contribution is 6.23. The second kappa shape index (κ2) is 5.37. The number of carbonyl (C=O) groups excluding carboxylic acids is 3. The van der Waals surface area contributed by atoms with Crippen molar-refractivity contribution in [1.82, 2.24) is 14.5 Å². The molecule has 0 bridgehead atoms. The Labute approximate surface area is 143 Å². The summed E-state index contributed by atoms with van der Waals surface area (Å²) in [5, 5.41) is 0. The highest BCUT2D eigenvalue weighted by Crippen LogP contribution is 2.26. The predicted molar refractivity (Wildman–Crippen MR) is 91.5 cm³/mol. The highest BCUT2D eigenvalue weighted by Gasteiger charge is 2.41. The molecule has 0 aliphatic carbocycles. The van der Waals surface area contributed by atoms with Crippen LogP contribution >= 0.6 is 0 Å². The van der Waals surface area contributed by atoms with Crippen LogP contribution in [0.4, 0.5) is 0 Å². The van der Waals surface area contributed by atoms with Gasteiger partial charge in [-0.15, -0.1) is 0 Å². The van der Waals surface area contributed by atoms with Crippen LogP contribution in [0.5, 0.6) is 0 Å². The quantitative estimate of drug-likeness (QED) is 0.676. The molecular formula is C19H15N3O3. The van der Waals surface area contributed by atoms with E-state index in [0.29, 0.717) is 28.0 Å². The molecule has 2 heterocycles. The zero-order valence-corrected chi connectivity index (χ0v) is 13.8. The third-order valence-electron chi connectivity index (χ3n) is 4.52. The van der Waals surface area contributed by atoms with E-state index >= 15 is 0 Å². The number of nitrogens with zero attached hydrogens (tertiary/aromatic N) is 3. The van der Waals surface area contributed by atoms with Crippen LogP contribution in [0.1, 0.15) is 38.3 Å². The van der Waals surface area contributed by atoms with Crippen LogP contribution < -0.4 is 0 Å². The van der Waals surface area contributed by atoms with Crippen LogP contribution in [0.2, 0.25) is 0 Å². The molecule has 0 N–H and O–H groups in total. The van der Waals surface area contributed by atoms with Gasteiger partial charge in [0.25, 0.3) is 17.7 Å². The standard InChI is InChI=1S/C19H15N3O3/c1-11(21-18(24)13-7-3-4-8-14(13)19(21)25)17(23)22-12(2)20-15-9-5-6-10-16(15)22/h3-11H,1-2H3. The Morgan fingerprint density at radius 3 is 2.16 bits per heavy atom. The normalized spacial score (nSPS) is 14.9. The van der Waals surface area contributed by atoms with E-state index in [1.165, 1.54) is 4.57 Å². The van der Waals surface area contributed by atoms with Gasteiger partial charge in [0.1, 0.15) is 11.9 Å². The van der Waals surface area contributed by atoms with Gasteiger partial charge in [-0.3, -0.25) is 23.9 Å². The van der Waals surface area contributed by atoms with Gasteiger partial charge in [0.05, 0.1) is 22.2 Å². The van der Waals surface area contributed by atoms with Crippen molar-refractivity contribution in [2.24, 2.45) is 0 Å². The maximum Gasteiger partial charge on any atom is 0.262 e. The maximum absolute atomic E-state index is 13.0. The van der Waals surface area contributed by atoms with Gasteiger partial charge >= 0.3 is 0 Å². The van der Waals surface area contributed by atoms with Crippen LogP contribution in [-0.2, 0) is 0 Å². The van der Waals surface area contributed by atoms with Crippen LogP contribution in [-0.4, -0.2) is 38.2 Å². The number of imide groups is 1. The van der Waals surface area contributed by atoms with Crippen molar-refractivity contribution in [2.45, 2.75) is 19.9 Å². The molecule has 2 amide bonds. The molecule has 25 heavy (non-hydrogen) atoms. The van der Waals surface area contributed by atoms with Crippen molar-refractivity contribution < 1.29 is 14.4 Å². The van der Waals surface area contributed by atoms with Gasteiger partial charge in [0.15, 0.2) is 0 Å². The molecule has 0 radical (unpaired) electrons. The van der Waals surface area contributed by atoms with E-state index in [-0.39, 0.29) is 5.91 Å². The fourth-order valence-electron chi connectivity index (χ4n) is 3.28. The maximum atomic E-state index is 13.0. The predicted octanol–water partition coefficient (Wildman–Crippen LogP) is 2.67. The van der Waals surface area contributed by atoms with Crippen LogP contribution in [0, 0.1) is 6.92 Å². The topological polar surface area (TPSA) is 72.3 Å². The largest absolute Gasteiger partial charge is 0.272 e. The molecule has 1 aromatic heterocycles. The van der Waals surface area contributed by atoms with Gasteiger partial charge in [0.2, 0.25) is 0 Å². The van der Waals surface area contributed by atoms with Crippen molar-refractivity contribution in [3.8, 4) is 0 Å². The van der Waals surface area contributed by atoms with Crippen molar-refractivity contribution in [3.63, 3.8) is 0 Å². The number of imidazole rings is 1. The van der Waals surface area contributed by atoms with Gasteiger partial charge < -0.3 is 0 Å². The fourth-order valence-corrected chi connectivity index (χ4v) is 3.28. The Bertz CT molecular complexity index is 1020. The first-order valence-corrected chi connectivity index (χ1v) is 7.96. The summed E-state index contributed by atoms with van der Waals surface area (Å²) in [6.07, 6.45) is 0. The zero-order chi connectivity index (χ0) is 17.7. The van der Waals surface area contributed by atoms with E-state index in [9.17, 15) is 14.4 Å². The smallest absolute Gasteiger partial charge is 0.262 e. The lowest BCUT2D eigenvalue weighted by atomic mass is 10.1. The number of para-hydroxylation sites is 2. The zero-order valence-electron chi connectivity index (χ0n) is 13.8. The summed E-state index contributed by atoms with van der Waals surface area (Å²) in [5.74, 6) is -0.720. The van der Waals surface area contributed by atoms with Gasteiger partial charge in [0, 0.05) is 0 Å². The number of benzene rings is 2. The van der Waals surface area contributed by atoms with E-state index in [4.69, 9.17) is 0 Å². The average Bonchev–Trinajstić information content (AvgIpc) is 3.08. The number of carbonyl (C=O) groups is 3. The minimum atomic E-state index is -0.927. The summed E-state index contributed by atoms with van der Waals surface area (Å²) in [7, 11) is 0. The molecule has 1 aliphatic heterocycles. The third-order valence-corrected chi connectivity index (χ3v) is 4.52. The van der Waals surface area contributed by atoms with Gasteiger partial charge in [-0.2, -0.15) is 0 Å². The first-order chi connectivity index (χ1) is 12.0. The van der Waals surface area contributed by atoms with Crippen molar-refractivity contribution in [1.29, 1.82) is 0 Å². The minimum Gasteiger partial charge on any atom is -0.272 e. The lowest BCUT2D eigenvalue weighted by Crippen LogP contribution is -2.45.